The van der Waals surface area contributed by atoms with Gasteiger partial charge in [0.1, 0.15) is 4.61 Å². The third-order valence-electron chi connectivity index (χ3n) is 0.906. The molecule has 0 aromatic carbocycles. The molecule has 7 heavy (non-hydrogen) atoms. The monoisotopic (exact) mass is 214 g/mol. The summed E-state index contributed by atoms with van der Waals surface area (Å²) < 4.78 is 10.7. The molecule has 1 heterocycles. The van der Waals surface area contributed by atoms with Gasteiger partial charge in [-0.2, -0.15) is 0 Å². The van der Waals surface area contributed by atoms with Crippen LogP contribution < -0.4 is 0 Å². The van der Waals surface area contributed by atoms with Gasteiger partial charge in [-0.25, -0.2) is 0 Å². The summed E-state index contributed by atoms with van der Waals surface area (Å²) in [6, 6.07) is 0. The molecule has 0 amide bonds. The quantitative estimate of drug-likeness (QED) is 0.506. The lowest BCUT2D eigenvalue weighted by atomic mass is 10.3. The molecular formula is C4H7IO2. The smallest absolute Gasteiger partial charge is 0.160 e. The Kier molecular flexibility index (Phi) is 2.34. The van der Waals surface area contributed by atoms with Crippen molar-refractivity contribution in [3.05, 3.63) is 0 Å². The number of alkyl halides is 1. The van der Waals surface area contributed by atoms with E-state index in [9.17, 15) is 0 Å². The number of halogens is 1. The summed E-state index contributed by atoms with van der Waals surface area (Å²) in [6.07, 6.45) is 1.19. The Morgan fingerprint density at radius 1 is 1.86 bits per heavy atom. The summed E-state index contributed by atoms with van der Waals surface area (Å²) >= 11 is 2.16. The summed E-state index contributed by atoms with van der Waals surface area (Å²) in [7, 11) is 0. The number of ether oxygens (including phenoxy) is 2. The van der Waals surface area contributed by atoms with E-state index in [0.717, 1.165) is 17.6 Å². The predicted molar refractivity (Wildman–Crippen MR) is 34.3 cm³/mol. The largest absolute Gasteiger partial charge is 0.352 e. The van der Waals surface area contributed by atoms with Gasteiger partial charge in [-0.1, -0.05) is 22.6 Å². The second kappa shape index (κ2) is 2.84. The van der Waals surface area contributed by atoms with Gasteiger partial charge in [0.05, 0.1) is 6.61 Å². The summed E-state index contributed by atoms with van der Waals surface area (Å²) in [5.74, 6) is 0. The van der Waals surface area contributed by atoms with Crippen molar-refractivity contribution in [3.63, 3.8) is 0 Å². The third kappa shape index (κ3) is 1.54. The fraction of sp³-hybridized carbons (Fsp3) is 1.00. The molecule has 1 aliphatic rings. The van der Waals surface area contributed by atoms with Gasteiger partial charge in [-0.15, -0.1) is 0 Å². The highest BCUT2D eigenvalue weighted by molar-refractivity contribution is 14.1. The van der Waals surface area contributed by atoms with E-state index in [2.05, 4.69) is 22.6 Å². The number of hydrogen-bond donors (Lipinski definition) is 0. The van der Waals surface area contributed by atoms with Crippen LogP contribution in [0.4, 0.5) is 0 Å². The van der Waals surface area contributed by atoms with Crippen molar-refractivity contribution in [3.8, 4) is 0 Å². The average molecular weight is 214 g/mol. The predicted octanol–water partition coefficient (Wildman–Crippen LogP) is 1.14. The SMILES string of the molecule is ICOC1CCO1. The van der Waals surface area contributed by atoms with Crippen LogP contribution in [0.15, 0.2) is 0 Å². The van der Waals surface area contributed by atoms with Crippen LogP contribution in [0.2, 0.25) is 0 Å². The average Bonchev–Trinajstić information content (AvgIpc) is 1.55. The summed E-state index contributed by atoms with van der Waals surface area (Å²) in [6.45, 7) is 0.876. The van der Waals surface area contributed by atoms with Crippen LogP contribution in [0, 0.1) is 0 Å². The van der Waals surface area contributed by atoms with Crippen molar-refractivity contribution in [1.82, 2.24) is 0 Å². The molecule has 1 unspecified atom stereocenters. The van der Waals surface area contributed by atoms with Crippen molar-refractivity contribution < 1.29 is 9.47 Å². The van der Waals surface area contributed by atoms with Gasteiger partial charge in [0.25, 0.3) is 0 Å². The maximum atomic E-state index is 5.04. The molecular weight excluding hydrogens is 207 g/mol. The van der Waals surface area contributed by atoms with E-state index in [0.29, 0.717) is 0 Å². The van der Waals surface area contributed by atoms with Crippen LogP contribution in [-0.2, 0) is 9.47 Å². The van der Waals surface area contributed by atoms with Gasteiger partial charge in [-0.3, -0.25) is 0 Å². The highest BCUT2D eigenvalue weighted by atomic mass is 127. The molecule has 1 atom stereocenters. The Morgan fingerprint density at radius 3 is 2.71 bits per heavy atom. The summed E-state index contributed by atoms with van der Waals surface area (Å²) in [5, 5.41) is 0. The Bertz CT molecular complexity index is 53.7. The van der Waals surface area contributed by atoms with Gasteiger partial charge in [0, 0.05) is 6.42 Å². The zero-order chi connectivity index (χ0) is 5.11. The number of hydrogen-bond acceptors (Lipinski definition) is 2. The van der Waals surface area contributed by atoms with E-state index < -0.39 is 0 Å². The molecule has 1 rings (SSSR count). The molecule has 2 nitrogen and oxygen atoms in total. The fourth-order valence-electron chi connectivity index (χ4n) is 0.416. The second-order valence-corrected chi connectivity index (χ2v) is 1.99. The van der Waals surface area contributed by atoms with Crippen LogP contribution in [0.1, 0.15) is 6.42 Å². The highest BCUT2D eigenvalue weighted by Crippen LogP contribution is 2.12. The normalized spacial score (nSPS) is 29.6. The Balaban J connectivity index is 1.93. The van der Waals surface area contributed by atoms with Crippen LogP contribution in [0.5, 0.6) is 0 Å². The van der Waals surface area contributed by atoms with Gasteiger partial charge in [-0.05, 0) is 0 Å². The standard InChI is InChI=1S/C4H7IO2/c5-3-7-4-1-2-6-4/h4H,1-3H2. The van der Waals surface area contributed by atoms with Crippen LogP contribution in [0.25, 0.3) is 0 Å². The van der Waals surface area contributed by atoms with Crippen molar-refractivity contribution in [2.75, 3.05) is 11.2 Å². The molecule has 0 radical (unpaired) electrons. The minimum absolute atomic E-state index is 0.122. The molecule has 0 spiro atoms. The van der Waals surface area contributed by atoms with E-state index in [1.807, 2.05) is 0 Å². The van der Waals surface area contributed by atoms with Crippen LogP contribution in [-0.4, -0.2) is 17.5 Å². The van der Waals surface area contributed by atoms with E-state index in [1.54, 1.807) is 0 Å². The summed E-state index contributed by atoms with van der Waals surface area (Å²) in [5.41, 5.74) is 0. The fourth-order valence-corrected chi connectivity index (χ4v) is 0.817. The van der Waals surface area contributed by atoms with E-state index >= 15 is 0 Å². The molecule has 3 heteroatoms. The van der Waals surface area contributed by atoms with Crippen LogP contribution >= 0.6 is 22.6 Å². The molecule has 1 saturated heterocycles. The molecule has 0 bridgehead atoms. The van der Waals surface area contributed by atoms with E-state index in [1.165, 1.54) is 0 Å². The zero-order valence-corrected chi connectivity index (χ0v) is 6.05. The van der Waals surface area contributed by atoms with Crippen molar-refractivity contribution >= 4 is 22.6 Å². The molecule has 0 aromatic heterocycles. The first-order valence-corrected chi connectivity index (χ1v) is 3.75. The lowest BCUT2D eigenvalue weighted by molar-refractivity contribution is -0.202. The first kappa shape index (κ1) is 5.78. The van der Waals surface area contributed by atoms with E-state index in [-0.39, 0.29) is 6.29 Å². The lowest BCUT2D eigenvalue weighted by Gasteiger charge is -2.24. The molecule has 1 fully saturated rings. The van der Waals surface area contributed by atoms with Gasteiger partial charge in [0.2, 0.25) is 0 Å². The molecule has 0 aromatic rings. The van der Waals surface area contributed by atoms with Crippen molar-refractivity contribution in [1.29, 1.82) is 0 Å². The molecule has 0 aliphatic carbocycles. The van der Waals surface area contributed by atoms with E-state index in [4.69, 9.17) is 9.47 Å². The van der Waals surface area contributed by atoms with Gasteiger partial charge >= 0.3 is 0 Å². The first-order chi connectivity index (χ1) is 3.43. The van der Waals surface area contributed by atoms with Crippen LogP contribution in [0.3, 0.4) is 0 Å². The van der Waals surface area contributed by atoms with Crippen molar-refractivity contribution in [2.45, 2.75) is 12.7 Å². The second-order valence-electron chi connectivity index (χ2n) is 1.36. The van der Waals surface area contributed by atoms with Gasteiger partial charge in [0.15, 0.2) is 6.29 Å². The maximum absolute atomic E-state index is 5.04. The lowest BCUT2D eigenvalue weighted by Crippen LogP contribution is -2.28. The number of rotatable bonds is 2. The molecule has 42 valence electrons. The molecule has 1 aliphatic heterocycles. The maximum Gasteiger partial charge on any atom is 0.160 e. The molecule has 0 saturated carbocycles. The first-order valence-electron chi connectivity index (χ1n) is 2.22. The Morgan fingerprint density at radius 2 is 2.57 bits per heavy atom. The topological polar surface area (TPSA) is 18.5 Å². The van der Waals surface area contributed by atoms with Crippen molar-refractivity contribution in [2.24, 2.45) is 0 Å². The molecule has 0 N–H and O–H groups in total. The Hall–Kier alpha value is 0.650. The highest BCUT2D eigenvalue weighted by Gasteiger charge is 2.16. The van der Waals surface area contributed by atoms with Gasteiger partial charge < -0.3 is 9.47 Å². The minimum Gasteiger partial charge on any atom is -0.352 e. The Labute approximate surface area is 56.3 Å². The minimum atomic E-state index is 0.122. The summed E-state index contributed by atoms with van der Waals surface area (Å²) in [4.78, 5) is 0. The third-order valence-corrected chi connectivity index (χ3v) is 1.27. The zero-order valence-electron chi connectivity index (χ0n) is 3.89.